The predicted molar refractivity (Wildman–Crippen MR) is 82.1 cm³/mol. The fraction of sp³-hybridized carbons (Fsp3) is 0.188. The number of benzene rings is 2. The number of hydrogen-bond acceptors (Lipinski definition) is 5. The summed E-state index contributed by atoms with van der Waals surface area (Å²) in [6, 6.07) is 13.2. The van der Waals surface area contributed by atoms with E-state index in [4.69, 9.17) is 20.1 Å². The van der Waals surface area contributed by atoms with Crippen LogP contribution in [0.3, 0.4) is 0 Å². The van der Waals surface area contributed by atoms with Crippen molar-refractivity contribution in [3.8, 4) is 17.2 Å². The number of hydrogen-bond donors (Lipinski definition) is 1. The van der Waals surface area contributed by atoms with Crippen molar-refractivity contribution >= 4 is 6.21 Å². The van der Waals surface area contributed by atoms with Crippen molar-refractivity contribution < 1.29 is 14.2 Å². The quantitative estimate of drug-likeness (QED) is 0.503. The van der Waals surface area contributed by atoms with Crippen LogP contribution in [0.4, 0.5) is 0 Å². The minimum absolute atomic E-state index is 0.357. The van der Waals surface area contributed by atoms with Gasteiger partial charge in [0.1, 0.15) is 12.4 Å². The van der Waals surface area contributed by atoms with Gasteiger partial charge in [0, 0.05) is 5.56 Å². The van der Waals surface area contributed by atoms with Crippen LogP contribution < -0.4 is 20.1 Å². The number of ether oxygens (including phenoxy) is 3. The summed E-state index contributed by atoms with van der Waals surface area (Å²) in [6.07, 6.45) is 1.58. The van der Waals surface area contributed by atoms with E-state index in [1.54, 1.807) is 20.4 Å². The molecule has 0 fully saturated rings. The van der Waals surface area contributed by atoms with Crippen LogP contribution in [0.2, 0.25) is 0 Å². The van der Waals surface area contributed by atoms with Crippen molar-refractivity contribution in [3.63, 3.8) is 0 Å². The molecule has 0 heterocycles. The van der Waals surface area contributed by atoms with E-state index in [9.17, 15) is 0 Å². The Hall–Kier alpha value is -2.69. The highest BCUT2D eigenvalue weighted by Crippen LogP contribution is 2.28. The molecular weight excluding hydrogens is 268 g/mol. The highest BCUT2D eigenvalue weighted by atomic mass is 16.5. The number of nitrogens with two attached hydrogens (primary N) is 1. The lowest BCUT2D eigenvalue weighted by molar-refractivity contribution is 0.278. The van der Waals surface area contributed by atoms with E-state index < -0.39 is 0 Å². The zero-order valence-corrected chi connectivity index (χ0v) is 12.1. The van der Waals surface area contributed by atoms with Gasteiger partial charge in [-0.1, -0.05) is 12.1 Å². The lowest BCUT2D eigenvalue weighted by Gasteiger charge is -2.13. The number of methoxy groups -OCH3 is 2. The molecule has 2 aromatic carbocycles. The molecule has 5 nitrogen and oxygen atoms in total. The van der Waals surface area contributed by atoms with Gasteiger partial charge in [-0.05, 0) is 35.9 Å². The van der Waals surface area contributed by atoms with Gasteiger partial charge >= 0.3 is 0 Å². The van der Waals surface area contributed by atoms with E-state index in [1.807, 2.05) is 42.5 Å². The minimum atomic E-state index is 0.357. The summed E-state index contributed by atoms with van der Waals surface area (Å²) < 4.78 is 16.4. The highest BCUT2D eigenvalue weighted by molar-refractivity contribution is 5.80. The fourth-order valence-electron chi connectivity index (χ4n) is 1.97. The maximum Gasteiger partial charge on any atom is 0.161 e. The molecular formula is C16H18N2O3. The van der Waals surface area contributed by atoms with Crippen molar-refractivity contribution in [2.24, 2.45) is 10.9 Å². The Morgan fingerprint density at radius 1 is 1.00 bits per heavy atom. The molecule has 0 unspecified atom stereocenters. The predicted octanol–water partition coefficient (Wildman–Crippen LogP) is 2.58. The first kappa shape index (κ1) is 14.7. The standard InChI is InChI=1S/C16H18N2O3/c1-19-14-8-7-12(10-18-17)9-13(14)11-21-16-6-4-3-5-15(16)20-2/h3-10H,11,17H2,1-2H3. The molecule has 0 aliphatic carbocycles. The van der Waals surface area contributed by atoms with E-state index in [-0.39, 0.29) is 0 Å². The molecule has 0 spiro atoms. The maximum atomic E-state index is 5.81. The van der Waals surface area contributed by atoms with E-state index in [1.165, 1.54) is 0 Å². The van der Waals surface area contributed by atoms with Crippen LogP contribution >= 0.6 is 0 Å². The molecule has 0 atom stereocenters. The Balaban J connectivity index is 2.20. The zero-order valence-electron chi connectivity index (χ0n) is 12.1. The first-order chi connectivity index (χ1) is 10.3. The van der Waals surface area contributed by atoms with Gasteiger partial charge in [0.25, 0.3) is 0 Å². The summed E-state index contributed by atoms with van der Waals surface area (Å²) in [5.74, 6) is 7.30. The van der Waals surface area contributed by atoms with Gasteiger partial charge in [-0.15, -0.1) is 0 Å². The van der Waals surface area contributed by atoms with Crippen molar-refractivity contribution in [2.45, 2.75) is 6.61 Å². The largest absolute Gasteiger partial charge is 0.496 e. The number of rotatable bonds is 6. The molecule has 110 valence electrons. The second kappa shape index (κ2) is 7.19. The normalized spacial score (nSPS) is 10.6. The van der Waals surface area contributed by atoms with Crippen molar-refractivity contribution in [1.82, 2.24) is 0 Å². The smallest absolute Gasteiger partial charge is 0.161 e. The molecule has 0 saturated carbocycles. The van der Waals surface area contributed by atoms with Crippen LogP contribution in [-0.2, 0) is 6.61 Å². The average molecular weight is 286 g/mol. The molecule has 0 aromatic heterocycles. The Morgan fingerprint density at radius 2 is 1.71 bits per heavy atom. The Morgan fingerprint density at radius 3 is 2.38 bits per heavy atom. The Bertz CT molecular complexity index is 627. The molecule has 0 saturated heterocycles. The summed E-state index contributed by atoms with van der Waals surface area (Å²) in [6.45, 7) is 0.357. The molecule has 0 aliphatic rings. The van der Waals surface area contributed by atoms with E-state index >= 15 is 0 Å². The minimum Gasteiger partial charge on any atom is -0.496 e. The molecule has 2 N–H and O–H groups in total. The van der Waals surface area contributed by atoms with Crippen molar-refractivity contribution in [2.75, 3.05) is 14.2 Å². The van der Waals surface area contributed by atoms with E-state index in [0.29, 0.717) is 18.1 Å². The first-order valence-corrected chi connectivity index (χ1v) is 6.44. The second-order valence-corrected chi connectivity index (χ2v) is 4.29. The summed E-state index contributed by atoms with van der Waals surface area (Å²) in [4.78, 5) is 0. The SMILES string of the molecule is COc1ccc(C=NN)cc1COc1ccccc1OC. The Labute approximate surface area is 123 Å². The third kappa shape index (κ3) is 3.66. The third-order valence-corrected chi connectivity index (χ3v) is 2.98. The van der Waals surface area contributed by atoms with Crippen molar-refractivity contribution in [1.29, 1.82) is 0 Å². The molecule has 0 bridgehead atoms. The summed E-state index contributed by atoms with van der Waals surface area (Å²) in [7, 11) is 3.24. The average Bonchev–Trinajstić information content (AvgIpc) is 2.53. The van der Waals surface area contributed by atoms with Crippen LogP contribution in [-0.4, -0.2) is 20.4 Å². The molecule has 21 heavy (non-hydrogen) atoms. The van der Waals surface area contributed by atoms with Crippen LogP contribution in [0, 0.1) is 0 Å². The summed E-state index contributed by atoms with van der Waals surface area (Å²) in [5.41, 5.74) is 1.79. The van der Waals surface area contributed by atoms with Gasteiger partial charge < -0.3 is 20.1 Å². The molecule has 0 radical (unpaired) electrons. The molecule has 0 aliphatic heterocycles. The zero-order chi connectivity index (χ0) is 15.1. The molecule has 2 rings (SSSR count). The van der Waals surface area contributed by atoms with Crippen LogP contribution in [0.25, 0.3) is 0 Å². The second-order valence-electron chi connectivity index (χ2n) is 4.29. The van der Waals surface area contributed by atoms with E-state index in [2.05, 4.69) is 5.10 Å². The van der Waals surface area contributed by atoms with Gasteiger partial charge in [-0.2, -0.15) is 5.10 Å². The molecule has 2 aromatic rings. The molecule has 0 amide bonds. The topological polar surface area (TPSA) is 66.1 Å². The Kier molecular flexibility index (Phi) is 5.04. The lowest BCUT2D eigenvalue weighted by Crippen LogP contribution is -2.01. The molecule has 5 heteroatoms. The number of hydrazone groups is 1. The van der Waals surface area contributed by atoms with Crippen LogP contribution in [0.5, 0.6) is 17.2 Å². The first-order valence-electron chi connectivity index (χ1n) is 6.44. The number of nitrogens with zero attached hydrogens (tertiary/aromatic N) is 1. The highest BCUT2D eigenvalue weighted by Gasteiger charge is 2.07. The van der Waals surface area contributed by atoms with Crippen molar-refractivity contribution in [3.05, 3.63) is 53.6 Å². The van der Waals surface area contributed by atoms with Gasteiger partial charge in [0.2, 0.25) is 0 Å². The van der Waals surface area contributed by atoms with Gasteiger partial charge in [-0.3, -0.25) is 0 Å². The van der Waals surface area contributed by atoms with Gasteiger partial charge in [-0.25, -0.2) is 0 Å². The lowest BCUT2D eigenvalue weighted by atomic mass is 10.1. The summed E-state index contributed by atoms with van der Waals surface area (Å²) >= 11 is 0. The maximum absolute atomic E-state index is 5.81. The number of para-hydroxylation sites is 2. The van der Waals surface area contributed by atoms with Gasteiger partial charge in [0.05, 0.1) is 20.4 Å². The van der Waals surface area contributed by atoms with Gasteiger partial charge in [0.15, 0.2) is 11.5 Å². The monoisotopic (exact) mass is 286 g/mol. The van der Waals surface area contributed by atoms with E-state index in [0.717, 1.165) is 16.9 Å². The third-order valence-electron chi connectivity index (χ3n) is 2.98. The van der Waals surface area contributed by atoms with Crippen LogP contribution in [0.1, 0.15) is 11.1 Å². The summed E-state index contributed by atoms with van der Waals surface area (Å²) in [5, 5.41) is 3.52. The fourth-order valence-corrected chi connectivity index (χ4v) is 1.97. The van der Waals surface area contributed by atoms with Crippen LogP contribution in [0.15, 0.2) is 47.6 Å².